The van der Waals surface area contributed by atoms with E-state index in [1.54, 1.807) is 0 Å². The van der Waals surface area contributed by atoms with Crippen molar-refractivity contribution in [2.45, 2.75) is 0 Å². The Bertz CT molecular complexity index is 931. The van der Waals surface area contributed by atoms with Crippen LogP contribution in [0.15, 0.2) is 66.7 Å². The highest BCUT2D eigenvalue weighted by molar-refractivity contribution is 7.08. The number of aromatic nitrogens is 2. The van der Waals surface area contributed by atoms with Crippen LogP contribution >= 0.6 is 11.5 Å². The lowest BCUT2D eigenvalue weighted by atomic mass is 10.1. The van der Waals surface area contributed by atoms with Crippen LogP contribution in [0.1, 0.15) is 15.2 Å². The van der Waals surface area contributed by atoms with Crippen molar-refractivity contribution in [3.8, 4) is 11.3 Å². The van der Waals surface area contributed by atoms with Gasteiger partial charge < -0.3 is 4.90 Å². The maximum Gasteiger partial charge on any atom is 0.267 e. The van der Waals surface area contributed by atoms with Gasteiger partial charge in [0.15, 0.2) is 0 Å². The summed E-state index contributed by atoms with van der Waals surface area (Å²) < 4.78 is 4.02. The van der Waals surface area contributed by atoms with Crippen LogP contribution in [0.5, 0.6) is 0 Å². The molecule has 1 aromatic heterocycles. The number of benzene rings is 2. The molecule has 0 radical (unpaired) electrons. The first-order chi connectivity index (χ1) is 13.8. The first kappa shape index (κ1) is 18.5. The summed E-state index contributed by atoms with van der Waals surface area (Å²) in [6.07, 6.45) is 4.33. The Kier molecular flexibility index (Phi) is 5.89. The van der Waals surface area contributed by atoms with Crippen LogP contribution in [0.4, 0.5) is 0 Å². The van der Waals surface area contributed by atoms with Gasteiger partial charge in [-0.3, -0.25) is 9.69 Å². The van der Waals surface area contributed by atoms with Gasteiger partial charge in [-0.25, -0.2) is 0 Å². The molecule has 0 aliphatic carbocycles. The molecule has 3 aromatic rings. The Labute approximate surface area is 169 Å². The Morgan fingerprint density at radius 1 is 0.964 bits per heavy atom. The van der Waals surface area contributed by atoms with Gasteiger partial charge in [0, 0.05) is 38.3 Å². The number of carbonyl (C=O) groups excluding carboxylic acids is 1. The fourth-order valence-electron chi connectivity index (χ4n) is 3.30. The van der Waals surface area contributed by atoms with Crippen LogP contribution in [0.3, 0.4) is 0 Å². The zero-order valence-corrected chi connectivity index (χ0v) is 16.4. The van der Waals surface area contributed by atoms with Crippen molar-refractivity contribution in [3.63, 3.8) is 0 Å². The second-order valence-electron chi connectivity index (χ2n) is 6.72. The average molecular weight is 391 g/mol. The second-order valence-corrected chi connectivity index (χ2v) is 7.48. The molecule has 1 fully saturated rings. The van der Waals surface area contributed by atoms with Crippen LogP contribution < -0.4 is 0 Å². The van der Waals surface area contributed by atoms with Gasteiger partial charge in [-0.15, -0.1) is 5.10 Å². The molecule has 0 unspecified atom stereocenters. The zero-order valence-electron chi connectivity index (χ0n) is 15.6. The van der Waals surface area contributed by atoms with E-state index in [1.807, 2.05) is 53.4 Å². The third kappa shape index (κ3) is 4.35. The van der Waals surface area contributed by atoms with Gasteiger partial charge in [0.05, 0.1) is 0 Å². The molecule has 1 aliphatic heterocycles. The SMILES string of the molecule is O=C(c1snnc1-c1ccccc1)N1CCN(C/C=C/c2ccccc2)CC1. The number of hydrogen-bond donors (Lipinski definition) is 0. The summed E-state index contributed by atoms with van der Waals surface area (Å²) in [5.41, 5.74) is 2.83. The monoisotopic (exact) mass is 390 g/mol. The fraction of sp³-hybridized carbons (Fsp3) is 0.227. The molecular formula is C22H22N4OS. The molecule has 0 bridgehead atoms. The summed E-state index contributed by atoms with van der Waals surface area (Å²) in [5, 5.41) is 4.19. The summed E-state index contributed by atoms with van der Waals surface area (Å²) in [7, 11) is 0. The quantitative estimate of drug-likeness (QED) is 0.667. The minimum atomic E-state index is 0.0355. The summed E-state index contributed by atoms with van der Waals surface area (Å²) in [6.45, 7) is 4.10. The van der Waals surface area contributed by atoms with Gasteiger partial charge in [-0.2, -0.15) is 0 Å². The van der Waals surface area contributed by atoms with Crippen LogP contribution in [-0.4, -0.2) is 58.0 Å². The van der Waals surface area contributed by atoms with Crippen LogP contribution in [-0.2, 0) is 0 Å². The summed E-state index contributed by atoms with van der Waals surface area (Å²) in [4.78, 5) is 17.9. The molecule has 4 rings (SSSR count). The highest BCUT2D eigenvalue weighted by Crippen LogP contribution is 2.25. The van der Waals surface area contributed by atoms with Crippen molar-refractivity contribution in [3.05, 3.63) is 77.2 Å². The van der Waals surface area contributed by atoms with Crippen molar-refractivity contribution >= 4 is 23.5 Å². The predicted molar refractivity (Wildman–Crippen MR) is 113 cm³/mol. The van der Waals surface area contributed by atoms with Crippen molar-refractivity contribution in [1.29, 1.82) is 0 Å². The topological polar surface area (TPSA) is 49.3 Å². The van der Waals surface area contributed by atoms with Gasteiger partial charge in [0.1, 0.15) is 10.6 Å². The van der Waals surface area contributed by atoms with Crippen LogP contribution in [0, 0.1) is 0 Å². The Morgan fingerprint density at radius 3 is 2.36 bits per heavy atom. The molecule has 1 aliphatic rings. The summed E-state index contributed by atoms with van der Waals surface area (Å²) in [5.74, 6) is 0.0355. The molecule has 28 heavy (non-hydrogen) atoms. The van der Waals surface area contributed by atoms with E-state index < -0.39 is 0 Å². The van der Waals surface area contributed by atoms with Crippen molar-refractivity contribution in [1.82, 2.24) is 19.4 Å². The normalized spacial score (nSPS) is 15.2. The number of carbonyl (C=O) groups is 1. The van der Waals surface area contributed by atoms with E-state index in [4.69, 9.17) is 0 Å². The van der Waals surface area contributed by atoms with E-state index in [0.717, 1.165) is 38.3 Å². The van der Waals surface area contributed by atoms with Crippen molar-refractivity contribution < 1.29 is 4.79 Å². The van der Waals surface area contributed by atoms with Gasteiger partial charge in [0.25, 0.3) is 5.91 Å². The largest absolute Gasteiger partial charge is 0.335 e. The van der Waals surface area contributed by atoms with Gasteiger partial charge in [-0.05, 0) is 17.1 Å². The Balaban J connectivity index is 1.34. The lowest BCUT2D eigenvalue weighted by Gasteiger charge is -2.33. The molecule has 6 heteroatoms. The Hall–Kier alpha value is -2.83. The maximum absolute atomic E-state index is 13.0. The first-order valence-electron chi connectivity index (χ1n) is 9.42. The molecule has 142 valence electrons. The highest BCUT2D eigenvalue weighted by atomic mass is 32.1. The molecule has 2 aromatic carbocycles. The number of amides is 1. The van der Waals surface area contributed by atoms with Gasteiger partial charge >= 0.3 is 0 Å². The molecule has 5 nitrogen and oxygen atoms in total. The third-order valence-electron chi connectivity index (χ3n) is 4.86. The molecule has 0 atom stereocenters. The smallest absolute Gasteiger partial charge is 0.267 e. The van der Waals surface area contributed by atoms with Crippen LogP contribution in [0.2, 0.25) is 0 Å². The van der Waals surface area contributed by atoms with E-state index in [-0.39, 0.29) is 5.91 Å². The third-order valence-corrected chi connectivity index (χ3v) is 5.58. The highest BCUT2D eigenvalue weighted by Gasteiger charge is 2.26. The number of nitrogens with zero attached hydrogens (tertiary/aromatic N) is 4. The molecule has 0 N–H and O–H groups in total. The maximum atomic E-state index is 13.0. The molecule has 1 saturated heterocycles. The second kappa shape index (κ2) is 8.91. The first-order valence-corrected chi connectivity index (χ1v) is 10.2. The van der Waals surface area contributed by atoms with E-state index in [0.29, 0.717) is 10.6 Å². The number of piperazine rings is 1. The molecule has 0 saturated carbocycles. The molecular weight excluding hydrogens is 368 g/mol. The Morgan fingerprint density at radius 2 is 1.64 bits per heavy atom. The standard InChI is InChI=1S/C22H22N4OS/c27-22(21-20(23-24-28-21)19-11-5-2-6-12-19)26-16-14-25(15-17-26)13-7-10-18-8-3-1-4-9-18/h1-12H,13-17H2/b10-7+. The van der Waals surface area contributed by atoms with Crippen molar-refractivity contribution in [2.75, 3.05) is 32.7 Å². The van der Waals surface area contributed by atoms with E-state index >= 15 is 0 Å². The number of rotatable bonds is 5. The van der Waals surface area contributed by atoms with E-state index in [1.165, 1.54) is 17.1 Å². The zero-order chi connectivity index (χ0) is 19.2. The fourth-order valence-corrected chi connectivity index (χ4v) is 3.95. The van der Waals surface area contributed by atoms with Crippen LogP contribution in [0.25, 0.3) is 17.3 Å². The van der Waals surface area contributed by atoms with Gasteiger partial charge in [0.2, 0.25) is 0 Å². The average Bonchev–Trinajstić information content (AvgIpc) is 3.25. The molecule has 2 heterocycles. The summed E-state index contributed by atoms with van der Waals surface area (Å²) >= 11 is 1.18. The number of hydrogen-bond acceptors (Lipinski definition) is 5. The predicted octanol–water partition coefficient (Wildman–Crippen LogP) is 3.68. The van der Waals surface area contributed by atoms with E-state index in [9.17, 15) is 4.79 Å². The minimum Gasteiger partial charge on any atom is -0.335 e. The van der Waals surface area contributed by atoms with Crippen molar-refractivity contribution in [2.24, 2.45) is 0 Å². The molecule has 1 amide bonds. The lowest BCUT2D eigenvalue weighted by molar-refractivity contribution is 0.0655. The lowest BCUT2D eigenvalue weighted by Crippen LogP contribution is -2.48. The molecule has 0 spiro atoms. The minimum absolute atomic E-state index is 0.0355. The summed E-state index contributed by atoms with van der Waals surface area (Å²) in [6, 6.07) is 20.1. The van der Waals surface area contributed by atoms with Gasteiger partial charge in [-0.1, -0.05) is 77.3 Å². The van der Waals surface area contributed by atoms with E-state index in [2.05, 4.69) is 38.8 Å².